The van der Waals surface area contributed by atoms with Crippen LogP contribution >= 0.6 is 34.8 Å². The Morgan fingerprint density at radius 1 is 0.950 bits per heavy atom. The highest BCUT2D eigenvalue weighted by molar-refractivity contribution is 6.37. The number of nitrogens with zero attached hydrogens (tertiary/aromatic N) is 1. The van der Waals surface area contributed by atoms with Gasteiger partial charge in [-0.25, -0.2) is 4.99 Å². The second-order valence-corrected chi connectivity index (χ2v) is 5.23. The summed E-state index contributed by atoms with van der Waals surface area (Å²) < 4.78 is 0. The van der Waals surface area contributed by atoms with Crippen molar-refractivity contribution in [2.45, 2.75) is 0 Å². The van der Waals surface area contributed by atoms with E-state index in [4.69, 9.17) is 40.5 Å². The number of hydrogen-bond donors (Lipinski definition) is 1. The highest BCUT2D eigenvalue weighted by Gasteiger charge is 2.01. The van der Waals surface area contributed by atoms with Gasteiger partial charge in [-0.2, -0.15) is 0 Å². The van der Waals surface area contributed by atoms with Crippen molar-refractivity contribution in [3.05, 3.63) is 69.2 Å². The molecule has 0 saturated carbocycles. The van der Waals surface area contributed by atoms with Crippen LogP contribution in [0.3, 0.4) is 0 Å². The molecule has 2 aromatic carbocycles. The van der Waals surface area contributed by atoms with Crippen molar-refractivity contribution in [3.63, 3.8) is 0 Å². The third-order valence-electron chi connectivity index (χ3n) is 2.51. The van der Waals surface area contributed by atoms with E-state index in [0.717, 1.165) is 5.69 Å². The maximum atomic E-state index is 6.06. The second-order valence-electron chi connectivity index (χ2n) is 3.98. The maximum Gasteiger partial charge on any atom is 0.124 e. The Balaban J connectivity index is 2.20. The van der Waals surface area contributed by atoms with Crippen molar-refractivity contribution in [1.82, 2.24) is 0 Å². The molecule has 0 aliphatic carbocycles. The van der Waals surface area contributed by atoms with E-state index < -0.39 is 0 Å². The smallest absolute Gasteiger partial charge is 0.124 e. The zero-order valence-electron chi connectivity index (χ0n) is 10.4. The third-order valence-corrected chi connectivity index (χ3v) is 3.42. The van der Waals surface area contributed by atoms with E-state index in [-0.39, 0.29) is 0 Å². The third kappa shape index (κ3) is 4.01. The number of rotatable bonds is 3. The summed E-state index contributed by atoms with van der Waals surface area (Å²) in [5, 5.41) is 1.78. The van der Waals surface area contributed by atoms with Gasteiger partial charge < -0.3 is 5.73 Å². The van der Waals surface area contributed by atoms with E-state index in [0.29, 0.717) is 26.5 Å². The van der Waals surface area contributed by atoms with Crippen LogP contribution in [0.2, 0.25) is 15.1 Å². The normalized spacial score (nSPS) is 12.1. The summed E-state index contributed by atoms with van der Waals surface area (Å²) in [5.74, 6) is 0.350. The van der Waals surface area contributed by atoms with Crippen molar-refractivity contribution in [2.75, 3.05) is 0 Å². The fourth-order valence-corrected chi connectivity index (χ4v) is 2.19. The molecule has 0 atom stereocenters. The number of aliphatic imine (C=N–C) groups is 1. The molecule has 20 heavy (non-hydrogen) atoms. The van der Waals surface area contributed by atoms with Crippen LogP contribution in [0.4, 0.5) is 5.69 Å². The summed E-state index contributed by atoms with van der Waals surface area (Å²) in [7, 11) is 0. The van der Waals surface area contributed by atoms with E-state index in [1.54, 1.807) is 54.6 Å². The Kier molecular flexibility index (Phi) is 5.07. The monoisotopic (exact) mass is 324 g/mol. The lowest BCUT2D eigenvalue weighted by atomic mass is 10.2. The van der Waals surface area contributed by atoms with E-state index in [2.05, 4.69) is 4.99 Å². The lowest BCUT2D eigenvalue weighted by Gasteiger charge is -2.01. The minimum absolute atomic E-state index is 0.350. The van der Waals surface area contributed by atoms with Gasteiger partial charge in [0.25, 0.3) is 0 Å². The van der Waals surface area contributed by atoms with Crippen LogP contribution in [-0.2, 0) is 0 Å². The predicted molar refractivity (Wildman–Crippen MR) is 88.2 cm³/mol. The first-order valence-electron chi connectivity index (χ1n) is 5.78. The quantitative estimate of drug-likeness (QED) is 0.599. The molecule has 0 fully saturated rings. The number of hydrogen-bond acceptors (Lipinski definition) is 1. The minimum Gasteiger partial charge on any atom is -0.384 e. The van der Waals surface area contributed by atoms with E-state index in [1.165, 1.54) is 0 Å². The molecular formula is C15H11Cl3N2. The predicted octanol–water partition coefficient (Wildman–Crippen LogP) is 5.35. The van der Waals surface area contributed by atoms with Gasteiger partial charge in [0.2, 0.25) is 0 Å². The summed E-state index contributed by atoms with van der Waals surface area (Å²) in [5.41, 5.74) is 7.27. The first-order chi connectivity index (χ1) is 9.56. The number of benzene rings is 2. The molecule has 0 aliphatic rings. The average molecular weight is 326 g/mol. The van der Waals surface area contributed by atoms with Crippen molar-refractivity contribution in [3.8, 4) is 0 Å². The fourth-order valence-electron chi connectivity index (χ4n) is 1.54. The molecule has 2 rings (SSSR count). The van der Waals surface area contributed by atoms with Crippen LogP contribution in [-0.4, -0.2) is 5.84 Å². The summed E-state index contributed by atoms with van der Waals surface area (Å²) in [4.78, 5) is 4.24. The van der Waals surface area contributed by atoms with E-state index in [1.807, 2.05) is 0 Å². The molecule has 0 aromatic heterocycles. The second kappa shape index (κ2) is 6.80. The van der Waals surface area contributed by atoms with Gasteiger partial charge in [0.05, 0.1) is 5.69 Å². The largest absolute Gasteiger partial charge is 0.384 e. The topological polar surface area (TPSA) is 38.4 Å². The maximum absolute atomic E-state index is 6.06. The Labute approximate surface area is 132 Å². The van der Waals surface area contributed by atoms with Crippen LogP contribution in [0.15, 0.2) is 53.5 Å². The zero-order chi connectivity index (χ0) is 14.5. The number of amidine groups is 1. The fraction of sp³-hybridized carbons (Fsp3) is 0. The summed E-state index contributed by atoms with van der Waals surface area (Å²) >= 11 is 17.9. The Bertz CT molecular complexity index is 641. The molecule has 2 N–H and O–H groups in total. The summed E-state index contributed by atoms with van der Waals surface area (Å²) in [6, 6.07) is 12.4. The first-order valence-corrected chi connectivity index (χ1v) is 6.91. The van der Waals surface area contributed by atoms with Gasteiger partial charge in [-0.3, -0.25) is 0 Å². The highest BCUT2D eigenvalue weighted by Crippen LogP contribution is 2.25. The van der Waals surface area contributed by atoms with E-state index in [9.17, 15) is 0 Å². The van der Waals surface area contributed by atoms with Gasteiger partial charge >= 0.3 is 0 Å². The molecule has 0 unspecified atom stereocenters. The van der Waals surface area contributed by atoms with Gasteiger partial charge in [-0.05, 0) is 48.6 Å². The molecule has 2 nitrogen and oxygen atoms in total. The molecule has 0 aliphatic heterocycles. The van der Waals surface area contributed by atoms with Crippen molar-refractivity contribution in [2.24, 2.45) is 10.7 Å². The molecular weight excluding hydrogens is 315 g/mol. The molecule has 0 heterocycles. The van der Waals surface area contributed by atoms with Gasteiger partial charge in [0.1, 0.15) is 5.84 Å². The van der Waals surface area contributed by atoms with Crippen molar-refractivity contribution in [1.29, 1.82) is 0 Å². The Morgan fingerprint density at radius 2 is 1.55 bits per heavy atom. The molecule has 0 amide bonds. The first kappa shape index (κ1) is 14.9. The highest BCUT2D eigenvalue weighted by atomic mass is 35.5. The average Bonchev–Trinajstić information content (AvgIpc) is 2.41. The van der Waals surface area contributed by atoms with Crippen LogP contribution in [0.5, 0.6) is 0 Å². The molecule has 0 bridgehead atoms. The van der Waals surface area contributed by atoms with Crippen molar-refractivity contribution >= 4 is 52.4 Å². The van der Waals surface area contributed by atoms with Gasteiger partial charge in [-0.1, -0.05) is 40.9 Å². The van der Waals surface area contributed by atoms with Gasteiger partial charge in [-0.15, -0.1) is 0 Å². The van der Waals surface area contributed by atoms with Crippen LogP contribution in [0.1, 0.15) is 5.56 Å². The number of halogens is 3. The van der Waals surface area contributed by atoms with E-state index >= 15 is 0 Å². The molecule has 0 saturated heterocycles. The van der Waals surface area contributed by atoms with Crippen molar-refractivity contribution < 1.29 is 0 Å². The molecule has 102 valence electrons. The molecule has 2 aromatic rings. The zero-order valence-corrected chi connectivity index (χ0v) is 12.6. The standard InChI is InChI=1S/C15H11Cl3N2/c16-10-4-6-11(7-5-10)20-15(19)9-8-12-13(17)2-1-3-14(12)18/h1-9H,(H2,19,20). The molecule has 0 spiro atoms. The van der Waals surface area contributed by atoms with Crippen LogP contribution < -0.4 is 5.73 Å². The van der Waals surface area contributed by atoms with Gasteiger partial charge in [0, 0.05) is 20.6 Å². The SMILES string of the molecule is NC(C=Cc1c(Cl)cccc1Cl)=Nc1ccc(Cl)cc1. The molecule has 5 heteroatoms. The lowest BCUT2D eigenvalue weighted by molar-refractivity contribution is 1.48. The summed E-state index contributed by atoms with van der Waals surface area (Å²) in [6.07, 6.45) is 3.39. The summed E-state index contributed by atoms with van der Waals surface area (Å²) in [6.45, 7) is 0. The van der Waals surface area contributed by atoms with Crippen LogP contribution in [0.25, 0.3) is 6.08 Å². The minimum atomic E-state index is 0.350. The van der Waals surface area contributed by atoms with Gasteiger partial charge in [0.15, 0.2) is 0 Å². The Hall–Kier alpha value is -1.48. The lowest BCUT2D eigenvalue weighted by Crippen LogP contribution is -2.06. The number of nitrogens with two attached hydrogens (primary N) is 1. The van der Waals surface area contributed by atoms with Crippen LogP contribution in [0, 0.1) is 0 Å². The molecule has 0 radical (unpaired) electrons. The Morgan fingerprint density at radius 3 is 2.15 bits per heavy atom.